The van der Waals surface area contributed by atoms with Gasteiger partial charge in [0, 0.05) is 46.1 Å². The van der Waals surface area contributed by atoms with E-state index < -0.39 is 52.2 Å². The molecule has 0 saturated carbocycles. The second kappa shape index (κ2) is 8.63. The van der Waals surface area contributed by atoms with Crippen molar-refractivity contribution in [2.45, 2.75) is 43.5 Å². The fourth-order valence-electron chi connectivity index (χ4n) is 3.51. The van der Waals surface area contributed by atoms with Crippen LogP contribution in [0.5, 0.6) is 0 Å². The lowest BCUT2D eigenvalue weighted by Gasteiger charge is -2.45. The van der Waals surface area contributed by atoms with E-state index in [2.05, 4.69) is 4.98 Å². The average Bonchev–Trinajstić information content (AvgIpc) is 2.72. The molecular formula is C20H25BF3N5O5. The van der Waals surface area contributed by atoms with Crippen LogP contribution in [0.4, 0.5) is 18.9 Å². The molecule has 2 rings (SSSR count). The van der Waals surface area contributed by atoms with Crippen LogP contribution in [0.15, 0.2) is 24.4 Å². The minimum Gasteiger partial charge on any atom is -0.404 e. The lowest BCUT2D eigenvalue weighted by molar-refractivity contribution is -0.397. The molecule has 0 fully saturated rings. The number of allylic oxidation sites excluding steroid dienone is 1. The van der Waals surface area contributed by atoms with Crippen molar-refractivity contribution in [1.29, 1.82) is 10.8 Å². The molecule has 184 valence electrons. The number of halogens is 3. The summed E-state index contributed by atoms with van der Waals surface area (Å²) >= 11 is 0. The number of anilines is 1. The second-order valence-corrected chi connectivity index (χ2v) is 7.97. The van der Waals surface area contributed by atoms with Gasteiger partial charge in [0.15, 0.2) is 7.85 Å². The Balaban J connectivity index is 3.10. The van der Waals surface area contributed by atoms with Gasteiger partial charge in [0.1, 0.15) is 11.2 Å². The maximum absolute atomic E-state index is 13.4. The first-order chi connectivity index (χ1) is 15.3. The van der Waals surface area contributed by atoms with Crippen LogP contribution >= 0.6 is 0 Å². The molecule has 1 heterocycles. The maximum atomic E-state index is 13.4. The first kappa shape index (κ1) is 27.2. The van der Waals surface area contributed by atoms with Crippen LogP contribution in [0.1, 0.15) is 37.1 Å². The van der Waals surface area contributed by atoms with E-state index >= 15 is 0 Å². The first-order valence-electron chi connectivity index (χ1n) is 9.84. The quantitative estimate of drug-likeness (QED) is 0.109. The molecule has 14 heteroatoms. The van der Waals surface area contributed by atoms with Gasteiger partial charge in [-0.2, -0.15) is 13.2 Å². The van der Waals surface area contributed by atoms with Gasteiger partial charge in [0.2, 0.25) is 11.6 Å². The van der Waals surface area contributed by atoms with Crippen molar-refractivity contribution in [3.05, 3.63) is 41.2 Å². The molecule has 0 aliphatic rings. The van der Waals surface area contributed by atoms with E-state index in [0.717, 1.165) is 13.0 Å². The van der Waals surface area contributed by atoms with Crippen LogP contribution < -0.4 is 11.5 Å². The Morgan fingerprint density at radius 3 is 2.15 bits per heavy atom. The fourth-order valence-corrected chi connectivity index (χ4v) is 3.51. The minimum atomic E-state index is -5.19. The lowest BCUT2D eigenvalue weighted by Crippen LogP contribution is -2.67. The summed E-state index contributed by atoms with van der Waals surface area (Å²) in [6.45, 7) is 2.52. The number of nitrogens with one attached hydrogen (secondary N) is 2. The third-order valence-corrected chi connectivity index (χ3v) is 5.63. The molecule has 1 unspecified atom stereocenters. The first-order valence-corrected chi connectivity index (χ1v) is 9.84. The summed E-state index contributed by atoms with van der Waals surface area (Å²) in [6, 6.07) is 3.64. The molecule has 2 aromatic rings. The Labute approximate surface area is 192 Å². The zero-order chi connectivity index (χ0) is 26.4. The number of hydrogen-bond acceptors (Lipinski definition) is 10. The summed E-state index contributed by atoms with van der Waals surface area (Å²) in [6.07, 6.45) is -5.49. The molecule has 0 amide bonds. The van der Waals surface area contributed by atoms with Crippen molar-refractivity contribution in [2.24, 2.45) is 5.73 Å². The fraction of sp³-hybridized carbons (Fsp3) is 0.350. The summed E-state index contributed by atoms with van der Waals surface area (Å²) in [7, 11) is 0.713. The molecular weight excluding hydrogens is 458 g/mol. The Morgan fingerprint density at radius 2 is 1.71 bits per heavy atom. The van der Waals surface area contributed by atoms with Crippen LogP contribution in [0.2, 0.25) is 0 Å². The van der Waals surface area contributed by atoms with Gasteiger partial charge in [0.25, 0.3) is 0 Å². The smallest absolute Gasteiger partial charge is 0.404 e. The van der Waals surface area contributed by atoms with Crippen LogP contribution in [-0.4, -0.2) is 67.5 Å². The highest BCUT2D eigenvalue weighted by molar-refractivity contribution is 6.26. The number of benzene rings is 1. The lowest BCUT2D eigenvalue weighted by atomic mass is 9.65. The van der Waals surface area contributed by atoms with E-state index in [1.807, 2.05) is 0 Å². The molecule has 11 N–H and O–H groups in total. The predicted molar refractivity (Wildman–Crippen MR) is 122 cm³/mol. The number of nitrogens with zero attached hydrogens (tertiary/aromatic N) is 1. The summed E-state index contributed by atoms with van der Waals surface area (Å²) in [5.74, 6) is -7.08. The molecule has 0 bridgehead atoms. The van der Waals surface area contributed by atoms with Gasteiger partial charge in [-0.25, -0.2) is 4.98 Å². The van der Waals surface area contributed by atoms with Crippen molar-refractivity contribution >= 4 is 41.4 Å². The van der Waals surface area contributed by atoms with Crippen LogP contribution in [0.3, 0.4) is 0 Å². The van der Waals surface area contributed by atoms with Gasteiger partial charge in [0.05, 0.1) is 11.2 Å². The maximum Gasteiger partial charge on any atom is 0.433 e. The van der Waals surface area contributed by atoms with E-state index in [1.54, 1.807) is 0 Å². The number of fused-ring (bicyclic) bond motifs is 1. The van der Waals surface area contributed by atoms with Crippen molar-refractivity contribution in [1.82, 2.24) is 4.98 Å². The van der Waals surface area contributed by atoms with E-state index in [-0.39, 0.29) is 27.9 Å². The summed E-state index contributed by atoms with van der Waals surface area (Å²) in [5, 5.41) is 68.2. The molecule has 0 aliphatic heterocycles. The topological polar surface area (TPSA) is 214 Å². The number of nitrogens with two attached hydrogens (primary N) is 2. The van der Waals surface area contributed by atoms with Crippen molar-refractivity contribution in [2.75, 3.05) is 5.73 Å². The van der Waals surface area contributed by atoms with Gasteiger partial charge >= 0.3 is 6.18 Å². The molecule has 1 aromatic carbocycles. The number of aliphatic hydroxyl groups is 5. The molecule has 10 nitrogen and oxygen atoms in total. The van der Waals surface area contributed by atoms with Crippen LogP contribution in [0, 0.1) is 10.8 Å². The van der Waals surface area contributed by atoms with Crippen LogP contribution in [0.25, 0.3) is 16.5 Å². The molecule has 1 atom stereocenters. The van der Waals surface area contributed by atoms with E-state index in [9.17, 15) is 38.7 Å². The summed E-state index contributed by atoms with van der Waals surface area (Å²) in [5.41, 5.74) is 3.80. The number of nitrogen functional groups attached to an aromatic ring is 1. The molecule has 0 saturated heterocycles. The molecule has 1 aromatic heterocycles. The number of aromatic nitrogens is 1. The van der Waals surface area contributed by atoms with E-state index in [0.29, 0.717) is 14.0 Å². The standard InChI is InChI=1S/C20H25BF3N5O5/c1-3-17(30,31)20(33,34)18(21,32)11-6-9-13(5-4-12(27)14(9)8(2)26)29-15(11)10(7-25)16(28)19(22,23)24/h4-7,26,28,30-34H,3,21,25,27H2,1-2H3/b10-7-,26-8?,28-16?. The van der Waals surface area contributed by atoms with Crippen molar-refractivity contribution in [3.8, 4) is 0 Å². The zero-order valence-corrected chi connectivity index (χ0v) is 18.5. The highest BCUT2D eigenvalue weighted by Gasteiger charge is 2.59. The third kappa shape index (κ3) is 4.25. The third-order valence-electron chi connectivity index (χ3n) is 5.63. The van der Waals surface area contributed by atoms with Gasteiger partial charge in [-0.05, 0) is 25.1 Å². The molecule has 0 spiro atoms. The summed E-state index contributed by atoms with van der Waals surface area (Å²) in [4.78, 5) is 4.07. The Hall–Kier alpha value is -3.04. The van der Waals surface area contributed by atoms with Gasteiger partial charge < -0.3 is 42.4 Å². The normalized spacial score (nSPS) is 15.3. The van der Waals surface area contributed by atoms with Crippen molar-refractivity contribution < 1.29 is 38.7 Å². The largest absolute Gasteiger partial charge is 0.433 e. The minimum absolute atomic E-state index is 0.0177. The van der Waals surface area contributed by atoms with Crippen molar-refractivity contribution in [3.63, 3.8) is 0 Å². The van der Waals surface area contributed by atoms with Gasteiger partial charge in [-0.3, -0.25) is 5.41 Å². The van der Waals surface area contributed by atoms with E-state index in [1.165, 1.54) is 19.1 Å². The SMILES string of the molecule is BC(O)(c1cc2c(C(C)=N)c(N)ccc2nc1/C(=C/N)C(=N)C(F)(F)F)C(O)(O)C(O)(O)CC. The average molecular weight is 483 g/mol. The predicted octanol–water partition coefficient (Wildman–Crippen LogP) is -0.364. The Bertz CT molecular complexity index is 1200. The van der Waals surface area contributed by atoms with Gasteiger partial charge in [-0.1, -0.05) is 6.92 Å². The Morgan fingerprint density at radius 1 is 1.15 bits per heavy atom. The number of alkyl halides is 3. The van der Waals surface area contributed by atoms with Crippen LogP contribution in [-0.2, 0) is 5.50 Å². The Kier molecular flexibility index (Phi) is 6.91. The number of pyridine rings is 1. The molecule has 34 heavy (non-hydrogen) atoms. The molecule has 0 aliphatic carbocycles. The summed E-state index contributed by atoms with van der Waals surface area (Å²) < 4.78 is 40.1. The van der Waals surface area contributed by atoms with E-state index in [4.69, 9.17) is 22.3 Å². The second-order valence-electron chi connectivity index (χ2n) is 7.97. The highest BCUT2D eigenvalue weighted by Crippen LogP contribution is 2.42. The zero-order valence-electron chi connectivity index (χ0n) is 18.5. The molecule has 0 radical (unpaired) electrons. The van der Waals surface area contributed by atoms with Gasteiger partial charge in [-0.15, -0.1) is 0 Å². The number of hydrogen-bond donors (Lipinski definition) is 9. The monoisotopic (exact) mass is 483 g/mol. The number of rotatable bonds is 7. The highest BCUT2D eigenvalue weighted by atomic mass is 19.4.